The van der Waals surface area contributed by atoms with Crippen LogP contribution in [0, 0.1) is 13.8 Å². The van der Waals surface area contributed by atoms with Crippen LogP contribution in [0.4, 0.5) is 0 Å². The molecule has 6 heteroatoms. The fourth-order valence-electron chi connectivity index (χ4n) is 2.85. The summed E-state index contributed by atoms with van der Waals surface area (Å²) < 4.78 is 11.0. The molecule has 1 amide bonds. The first-order valence-corrected chi connectivity index (χ1v) is 8.74. The summed E-state index contributed by atoms with van der Waals surface area (Å²) >= 11 is 0. The van der Waals surface area contributed by atoms with Gasteiger partial charge in [-0.1, -0.05) is 35.5 Å². The summed E-state index contributed by atoms with van der Waals surface area (Å²) in [5.41, 5.74) is 3.48. The molecule has 6 nitrogen and oxygen atoms in total. The summed E-state index contributed by atoms with van der Waals surface area (Å²) in [5, 5.41) is 7.50. The Balaban J connectivity index is 1.51. The average molecular weight is 353 g/mol. The summed E-state index contributed by atoms with van der Waals surface area (Å²) in [7, 11) is 0. The van der Waals surface area contributed by atoms with Gasteiger partial charge in [-0.3, -0.25) is 4.79 Å². The molecule has 0 aliphatic heterocycles. The zero-order chi connectivity index (χ0) is 18.5. The van der Waals surface area contributed by atoms with Crippen molar-refractivity contribution in [3.63, 3.8) is 0 Å². The van der Waals surface area contributed by atoms with Crippen molar-refractivity contribution in [2.24, 2.45) is 0 Å². The first kappa shape index (κ1) is 18.1. The van der Waals surface area contributed by atoms with Crippen molar-refractivity contribution in [3.05, 3.63) is 58.9 Å². The Morgan fingerprint density at radius 3 is 2.81 bits per heavy atom. The van der Waals surface area contributed by atoms with Crippen LogP contribution in [0.25, 0.3) is 11.1 Å². The molecule has 0 saturated carbocycles. The maximum Gasteiger partial charge on any atom is 0.258 e. The molecule has 1 unspecified atom stereocenters. The molecule has 0 spiro atoms. The molecule has 1 atom stereocenters. The number of nitrogens with zero attached hydrogens (tertiary/aromatic N) is 2. The maximum atomic E-state index is 12.5. The number of hydrogen-bond donors (Lipinski definition) is 1. The van der Waals surface area contributed by atoms with Crippen LogP contribution in [-0.2, 0) is 4.74 Å². The van der Waals surface area contributed by atoms with Crippen LogP contribution in [0.1, 0.15) is 46.8 Å². The Hall–Kier alpha value is -2.73. The molecule has 2 heterocycles. The van der Waals surface area contributed by atoms with Crippen LogP contribution in [0.5, 0.6) is 0 Å². The van der Waals surface area contributed by atoms with Crippen LogP contribution < -0.4 is 5.32 Å². The second-order valence-corrected chi connectivity index (χ2v) is 6.29. The molecule has 0 aliphatic rings. The van der Waals surface area contributed by atoms with Crippen LogP contribution in [0.15, 0.2) is 40.9 Å². The first-order chi connectivity index (χ1) is 12.6. The molecule has 3 rings (SSSR count). The monoisotopic (exact) mass is 353 g/mol. The number of aromatic nitrogens is 2. The molecule has 3 aromatic rings. The molecule has 1 N–H and O–H groups in total. The smallest absolute Gasteiger partial charge is 0.258 e. The third kappa shape index (κ3) is 4.08. The van der Waals surface area contributed by atoms with Gasteiger partial charge < -0.3 is 14.6 Å². The Labute approximate surface area is 152 Å². The molecular formula is C20H23N3O3. The van der Waals surface area contributed by atoms with E-state index in [1.54, 1.807) is 13.0 Å². The van der Waals surface area contributed by atoms with Gasteiger partial charge in [-0.15, -0.1) is 0 Å². The van der Waals surface area contributed by atoms with Gasteiger partial charge in [0.1, 0.15) is 0 Å². The summed E-state index contributed by atoms with van der Waals surface area (Å²) in [6, 6.07) is 11.8. The second kappa shape index (κ2) is 8.10. The Morgan fingerprint density at radius 2 is 2.04 bits per heavy atom. The minimum Gasteiger partial charge on any atom is -0.374 e. The van der Waals surface area contributed by atoms with Crippen molar-refractivity contribution in [1.29, 1.82) is 0 Å². The number of benzene rings is 1. The van der Waals surface area contributed by atoms with Crippen LogP contribution in [0.2, 0.25) is 0 Å². The van der Waals surface area contributed by atoms with Gasteiger partial charge in [0.15, 0.2) is 0 Å². The topological polar surface area (TPSA) is 77.2 Å². The van der Waals surface area contributed by atoms with E-state index in [2.05, 4.69) is 15.5 Å². The van der Waals surface area contributed by atoms with Crippen molar-refractivity contribution in [2.45, 2.75) is 33.3 Å². The number of nitrogens with one attached hydrogen (secondary N) is 1. The zero-order valence-corrected chi connectivity index (χ0v) is 15.3. The molecule has 136 valence electrons. The van der Waals surface area contributed by atoms with Gasteiger partial charge in [-0.05, 0) is 38.8 Å². The van der Waals surface area contributed by atoms with E-state index >= 15 is 0 Å². The molecule has 0 aliphatic carbocycles. The molecule has 0 radical (unpaired) electrons. The molecule has 1 aromatic carbocycles. The third-order valence-electron chi connectivity index (χ3n) is 4.23. The number of carbonyl (C=O) groups is 1. The fraction of sp³-hybridized carbons (Fsp3) is 0.350. The first-order valence-electron chi connectivity index (χ1n) is 8.74. The average Bonchev–Trinajstić information content (AvgIpc) is 3.01. The van der Waals surface area contributed by atoms with Gasteiger partial charge in [0.25, 0.3) is 11.6 Å². The van der Waals surface area contributed by atoms with Gasteiger partial charge in [-0.25, -0.2) is 4.98 Å². The van der Waals surface area contributed by atoms with E-state index in [9.17, 15) is 4.79 Å². The summed E-state index contributed by atoms with van der Waals surface area (Å²) in [5.74, 6) is -0.150. The second-order valence-electron chi connectivity index (χ2n) is 6.29. The third-order valence-corrected chi connectivity index (χ3v) is 4.23. The number of carbonyl (C=O) groups excluding carboxylic acids is 1. The highest BCUT2D eigenvalue weighted by Crippen LogP contribution is 2.21. The van der Waals surface area contributed by atoms with Gasteiger partial charge in [0, 0.05) is 18.8 Å². The number of amides is 1. The van der Waals surface area contributed by atoms with E-state index in [0.717, 1.165) is 17.7 Å². The molecule has 0 saturated heterocycles. The van der Waals surface area contributed by atoms with Crippen molar-refractivity contribution >= 4 is 17.0 Å². The lowest BCUT2D eigenvalue weighted by Crippen LogP contribution is -2.25. The van der Waals surface area contributed by atoms with E-state index < -0.39 is 0 Å². The van der Waals surface area contributed by atoms with Crippen molar-refractivity contribution in [1.82, 2.24) is 15.5 Å². The van der Waals surface area contributed by atoms with Gasteiger partial charge >= 0.3 is 0 Å². The normalized spacial score (nSPS) is 12.3. The molecular weight excluding hydrogens is 330 g/mol. The van der Waals surface area contributed by atoms with E-state index in [-0.39, 0.29) is 12.0 Å². The van der Waals surface area contributed by atoms with Crippen LogP contribution in [0.3, 0.4) is 0 Å². The highest BCUT2D eigenvalue weighted by atomic mass is 16.5. The molecule has 0 bridgehead atoms. The van der Waals surface area contributed by atoms with E-state index in [4.69, 9.17) is 9.26 Å². The number of aryl methyl sites for hydroxylation is 2. The Bertz CT molecular complexity index is 890. The quantitative estimate of drug-likeness (QED) is 0.655. The number of hydrogen-bond acceptors (Lipinski definition) is 5. The lowest BCUT2D eigenvalue weighted by Gasteiger charge is -2.13. The lowest BCUT2D eigenvalue weighted by molar-refractivity contribution is 0.0635. The van der Waals surface area contributed by atoms with Crippen molar-refractivity contribution in [2.75, 3.05) is 13.2 Å². The fourth-order valence-corrected chi connectivity index (χ4v) is 2.85. The maximum absolute atomic E-state index is 12.5. The highest BCUT2D eigenvalue weighted by Gasteiger charge is 2.17. The molecule has 0 fully saturated rings. The Morgan fingerprint density at radius 1 is 1.27 bits per heavy atom. The van der Waals surface area contributed by atoms with E-state index in [0.29, 0.717) is 35.5 Å². The predicted octanol–water partition coefficient (Wildman–Crippen LogP) is 3.74. The Kier molecular flexibility index (Phi) is 5.63. The highest BCUT2D eigenvalue weighted by molar-refractivity contribution is 6.05. The minimum atomic E-state index is -0.150. The van der Waals surface area contributed by atoms with Gasteiger partial charge in [-0.2, -0.15) is 0 Å². The summed E-state index contributed by atoms with van der Waals surface area (Å²) in [6.07, 6.45) is 0.771. The van der Waals surface area contributed by atoms with E-state index in [1.807, 2.05) is 44.2 Å². The summed E-state index contributed by atoms with van der Waals surface area (Å²) in [6.45, 7) is 6.77. The number of ether oxygens (including phenoxy) is 1. The van der Waals surface area contributed by atoms with Gasteiger partial charge in [0.2, 0.25) is 0 Å². The van der Waals surface area contributed by atoms with Crippen LogP contribution >= 0.6 is 0 Å². The number of pyridine rings is 1. The largest absolute Gasteiger partial charge is 0.374 e. The SMILES string of the molecule is Cc1cc(C(=O)NCCCOC(C)c2ccccc2)c2c(C)noc2n1. The molecule has 26 heavy (non-hydrogen) atoms. The van der Waals surface area contributed by atoms with E-state index in [1.165, 1.54) is 0 Å². The van der Waals surface area contributed by atoms with Crippen molar-refractivity contribution in [3.8, 4) is 0 Å². The summed E-state index contributed by atoms with van der Waals surface area (Å²) in [4.78, 5) is 16.8. The molecule has 2 aromatic heterocycles. The van der Waals surface area contributed by atoms with Gasteiger partial charge in [0.05, 0.1) is 22.7 Å². The standard InChI is InChI=1S/C20H23N3O3/c1-13-12-17(18-14(2)23-26-20(18)22-13)19(24)21-10-7-11-25-15(3)16-8-5-4-6-9-16/h4-6,8-9,12,15H,7,10-11H2,1-3H3,(H,21,24). The van der Waals surface area contributed by atoms with Crippen LogP contribution in [-0.4, -0.2) is 29.2 Å². The minimum absolute atomic E-state index is 0.0361. The predicted molar refractivity (Wildman–Crippen MR) is 99.0 cm³/mol. The van der Waals surface area contributed by atoms with Crippen molar-refractivity contribution < 1.29 is 14.1 Å². The number of fused-ring (bicyclic) bond motifs is 1. The zero-order valence-electron chi connectivity index (χ0n) is 15.3. The lowest BCUT2D eigenvalue weighted by atomic mass is 10.1. The number of rotatable bonds is 7.